The van der Waals surface area contributed by atoms with Crippen LogP contribution in [0, 0.1) is 4.91 Å². The van der Waals surface area contributed by atoms with E-state index in [0.717, 1.165) is 6.42 Å². The minimum Gasteiger partial charge on any atom is -0.151 e. The number of aryl methyl sites for hydroxylation is 1. The van der Waals surface area contributed by atoms with Crippen LogP contribution in [0.1, 0.15) is 33.3 Å². The van der Waals surface area contributed by atoms with Crippen molar-refractivity contribution in [3.05, 3.63) is 40.8 Å². The topological polar surface area (TPSA) is 29.4 Å². The summed E-state index contributed by atoms with van der Waals surface area (Å²) < 4.78 is 0. The van der Waals surface area contributed by atoms with E-state index in [-0.39, 0.29) is 0 Å². The molecule has 0 aliphatic carbocycles. The Labute approximate surface area is 87.3 Å². The lowest BCUT2D eigenvalue weighted by Crippen LogP contribution is -1.73. The Bertz CT molecular complexity index is 197. The number of hydrogen-bond acceptors (Lipinski definition) is 2. The van der Waals surface area contributed by atoms with Crippen LogP contribution in [0.25, 0.3) is 0 Å². The number of rotatable bonds is 2. The van der Waals surface area contributed by atoms with Gasteiger partial charge in [0.25, 0.3) is 0 Å². The fraction of sp³-hybridized carbons (Fsp3) is 0.500. The third-order valence-corrected chi connectivity index (χ3v) is 1.38. The molecule has 0 heterocycles. The van der Waals surface area contributed by atoms with Crippen LogP contribution in [-0.2, 0) is 6.42 Å². The molecule has 0 saturated heterocycles. The minimum absolute atomic E-state index is 0.389. The summed E-state index contributed by atoms with van der Waals surface area (Å²) >= 11 is 0. The van der Waals surface area contributed by atoms with Crippen molar-refractivity contribution in [1.82, 2.24) is 0 Å². The molecular weight excluding hydrogens is 174 g/mol. The lowest BCUT2D eigenvalue weighted by Gasteiger charge is -1.89. The summed E-state index contributed by atoms with van der Waals surface area (Å²) in [5, 5.41) is 2.49. The van der Waals surface area contributed by atoms with Crippen LogP contribution in [0.2, 0.25) is 0 Å². The molecule has 0 amide bonds. The molecule has 0 aromatic heterocycles. The number of nitrogens with zero attached hydrogens (tertiary/aromatic N) is 1. The van der Waals surface area contributed by atoms with E-state index >= 15 is 0 Å². The molecule has 1 aromatic carbocycles. The van der Waals surface area contributed by atoms with Gasteiger partial charge in [0.1, 0.15) is 0 Å². The fourth-order valence-corrected chi connectivity index (χ4v) is 0.714. The Morgan fingerprint density at radius 3 is 1.71 bits per heavy atom. The Morgan fingerprint density at radius 2 is 1.50 bits per heavy atom. The molecule has 0 saturated carbocycles. The van der Waals surface area contributed by atoms with Gasteiger partial charge in [0.15, 0.2) is 0 Å². The quantitative estimate of drug-likeness (QED) is 0.655. The molecule has 0 aliphatic rings. The molecule has 14 heavy (non-hydrogen) atoms. The summed E-state index contributed by atoms with van der Waals surface area (Å²) in [7, 11) is 0. The first-order valence-electron chi connectivity index (χ1n) is 5.18. The maximum atomic E-state index is 8.92. The van der Waals surface area contributed by atoms with Crippen LogP contribution in [0.5, 0.6) is 0 Å². The second-order valence-electron chi connectivity index (χ2n) is 2.28. The zero-order chi connectivity index (χ0) is 11.2. The average molecular weight is 195 g/mol. The lowest BCUT2D eigenvalue weighted by atomic mass is 10.2. The van der Waals surface area contributed by atoms with Crippen molar-refractivity contribution in [1.29, 1.82) is 0 Å². The predicted octanol–water partition coefficient (Wildman–Crippen LogP) is 4.05. The van der Waals surface area contributed by atoms with Crippen molar-refractivity contribution >= 4 is 0 Å². The van der Waals surface area contributed by atoms with Crippen LogP contribution in [0.15, 0.2) is 35.5 Å². The monoisotopic (exact) mass is 195 g/mol. The molecule has 0 spiro atoms. The van der Waals surface area contributed by atoms with E-state index < -0.39 is 0 Å². The maximum Gasteiger partial charge on any atom is 0.0783 e. The van der Waals surface area contributed by atoms with Crippen LogP contribution in [0.3, 0.4) is 0 Å². The molecule has 1 rings (SSSR count). The zero-order valence-corrected chi connectivity index (χ0v) is 9.66. The van der Waals surface area contributed by atoms with E-state index in [2.05, 4.69) is 36.4 Å². The van der Waals surface area contributed by atoms with Crippen LogP contribution in [0.4, 0.5) is 0 Å². The molecule has 0 aliphatic heterocycles. The summed E-state index contributed by atoms with van der Waals surface area (Å²) in [6.07, 6.45) is 1.14. The van der Waals surface area contributed by atoms with E-state index in [4.69, 9.17) is 4.91 Å². The highest BCUT2D eigenvalue weighted by molar-refractivity contribution is 5.13. The highest BCUT2D eigenvalue weighted by atomic mass is 16.3. The van der Waals surface area contributed by atoms with Gasteiger partial charge in [0, 0.05) is 0 Å². The smallest absolute Gasteiger partial charge is 0.0783 e. The molecule has 0 bridgehead atoms. The molecule has 0 N–H and O–H groups in total. The molecule has 1 aromatic rings. The molecule has 0 fully saturated rings. The molecule has 2 heteroatoms. The van der Waals surface area contributed by atoms with Gasteiger partial charge in [0.2, 0.25) is 0 Å². The SMILES string of the molecule is CC.CCN=O.CCc1ccccc1. The van der Waals surface area contributed by atoms with E-state index in [9.17, 15) is 0 Å². The van der Waals surface area contributed by atoms with E-state index in [0.29, 0.717) is 6.54 Å². The van der Waals surface area contributed by atoms with E-state index in [1.54, 1.807) is 6.92 Å². The number of benzene rings is 1. The van der Waals surface area contributed by atoms with Gasteiger partial charge in [-0.2, -0.15) is 4.91 Å². The first-order valence-corrected chi connectivity index (χ1v) is 5.18. The number of nitroso groups, excluding NO2 is 1. The van der Waals surface area contributed by atoms with E-state index in [1.165, 1.54) is 5.56 Å². The van der Waals surface area contributed by atoms with Crippen molar-refractivity contribution in [3.63, 3.8) is 0 Å². The van der Waals surface area contributed by atoms with Crippen molar-refractivity contribution in [3.8, 4) is 0 Å². The van der Waals surface area contributed by atoms with Crippen molar-refractivity contribution in [2.24, 2.45) is 5.18 Å². The average Bonchev–Trinajstić information content (AvgIpc) is 2.33. The lowest BCUT2D eigenvalue weighted by molar-refractivity contribution is 1.12. The maximum absolute atomic E-state index is 8.92. The van der Waals surface area contributed by atoms with Crippen LogP contribution >= 0.6 is 0 Å². The Balaban J connectivity index is 0. The van der Waals surface area contributed by atoms with Gasteiger partial charge in [-0.3, -0.25) is 0 Å². The normalized spacial score (nSPS) is 7.43. The number of hydrogen-bond donors (Lipinski definition) is 0. The van der Waals surface area contributed by atoms with Gasteiger partial charge in [-0.25, -0.2) is 0 Å². The summed E-state index contributed by atoms with van der Waals surface area (Å²) in [6, 6.07) is 10.5. The third kappa shape index (κ3) is 10.8. The van der Waals surface area contributed by atoms with Gasteiger partial charge >= 0.3 is 0 Å². The van der Waals surface area contributed by atoms with Crippen LogP contribution in [-0.4, -0.2) is 6.54 Å². The van der Waals surface area contributed by atoms with Gasteiger partial charge in [-0.1, -0.05) is 56.3 Å². The van der Waals surface area contributed by atoms with Crippen molar-refractivity contribution in [2.45, 2.75) is 34.1 Å². The summed E-state index contributed by atoms with van der Waals surface area (Å²) in [5.74, 6) is 0. The van der Waals surface area contributed by atoms with Gasteiger partial charge in [-0.05, 0) is 18.9 Å². The standard InChI is InChI=1S/C8H10.C2H5NO.C2H6/c1-2-8-6-4-3-5-7-8;1-2-3-4;1-2/h3-7H,2H2,1H3;2H2,1H3;1-2H3. The zero-order valence-electron chi connectivity index (χ0n) is 9.66. The molecule has 80 valence electrons. The van der Waals surface area contributed by atoms with Crippen molar-refractivity contribution < 1.29 is 0 Å². The van der Waals surface area contributed by atoms with Crippen molar-refractivity contribution in [2.75, 3.05) is 6.54 Å². The van der Waals surface area contributed by atoms with Crippen LogP contribution < -0.4 is 0 Å². The molecule has 0 unspecified atom stereocenters. The second kappa shape index (κ2) is 14.3. The summed E-state index contributed by atoms with van der Waals surface area (Å²) in [4.78, 5) is 8.92. The highest BCUT2D eigenvalue weighted by Gasteiger charge is 1.79. The largest absolute Gasteiger partial charge is 0.151 e. The summed E-state index contributed by atoms with van der Waals surface area (Å²) in [5.41, 5.74) is 1.41. The fourth-order valence-electron chi connectivity index (χ4n) is 0.714. The Morgan fingerprint density at radius 1 is 1.07 bits per heavy atom. The molecule has 2 nitrogen and oxygen atoms in total. The van der Waals surface area contributed by atoms with Gasteiger partial charge in [-0.15, -0.1) is 0 Å². The molecule has 0 radical (unpaired) electrons. The minimum atomic E-state index is 0.389. The Hall–Kier alpha value is -1.18. The first kappa shape index (κ1) is 15.3. The van der Waals surface area contributed by atoms with Gasteiger partial charge in [0.05, 0.1) is 6.54 Å². The second-order valence-corrected chi connectivity index (χ2v) is 2.28. The molecule has 0 atom stereocenters. The van der Waals surface area contributed by atoms with Gasteiger partial charge < -0.3 is 0 Å². The Kier molecular flexibility index (Phi) is 15.7. The third-order valence-electron chi connectivity index (χ3n) is 1.38. The summed E-state index contributed by atoms with van der Waals surface area (Å²) in [6.45, 7) is 8.25. The first-order chi connectivity index (χ1) is 6.85. The van der Waals surface area contributed by atoms with E-state index in [1.807, 2.05) is 19.9 Å². The molecular formula is C12H21NO. The highest BCUT2D eigenvalue weighted by Crippen LogP contribution is 1.96. The predicted molar refractivity (Wildman–Crippen MR) is 63.5 cm³/mol.